The molecule has 2 aromatic rings. The molecule has 0 fully saturated rings. The van der Waals surface area contributed by atoms with Gasteiger partial charge in [-0.25, -0.2) is 17.2 Å². The molecule has 0 unspecified atom stereocenters. The first kappa shape index (κ1) is 25.4. The van der Waals surface area contributed by atoms with Crippen molar-refractivity contribution in [1.82, 2.24) is 4.98 Å². The van der Waals surface area contributed by atoms with Gasteiger partial charge < -0.3 is 0 Å². The number of nitrogens with zero attached hydrogens (tertiary/aromatic N) is 2. The summed E-state index contributed by atoms with van der Waals surface area (Å²) >= 11 is 5.84. The molecule has 0 aliphatic carbocycles. The lowest BCUT2D eigenvalue weighted by molar-refractivity contribution is -0.113. The normalized spacial score (nSPS) is 13.3. The molecule has 1 N–H and O–H groups in total. The Bertz CT molecular complexity index is 1270. The second-order valence-electron chi connectivity index (χ2n) is 6.93. The number of aryl methyl sites for hydroxylation is 1. The summed E-state index contributed by atoms with van der Waals surface area (Å²) < 4.78 is 57.4. The average Bonchev–Trinajstić information content (AvgIpc) is 2.73. The smallest absolute Gasteiger partial charge is 0.263 e. The molecule has 0 amide bonds. The molecule has 170 valence electrons. The molecule has 2 rings (SSSR count). The number of nitrogens with one attached hydrogen (secondary N) is 1. The van der Waals surface area contributed by atoms with Gasteiger partial charge in [-0.1, -0.05) is 17.7 Å². The third-order valence-corrected chi connectivity index (χ3v) is 6.43. The van der Waals surface area contributed by atoms with Crippen molar-refractivity contribution in [2.75, 3.05) is 11.8 Å². The van der Waals surface area contributed by atoms with Gasteiger partial charge in [0, 0.05) is 13.2 Å². The van der Waals surface area contributed by atoms with Gasteiger partial charge in [-0.15, -0.1) is 0 Å². The maximum absolute atomic E-state index is 15.2. The predicted octanol–water partition coefficient (Wildman–Crippen LogP) is 5.02. The van der Waals surface area contributed by atoms with Crippen LogP contribution in [-0.4, -0.2) is 31.9 Å². The maximum Gasteiger partial charge on any atom is 0.263 e. The van der Waals surface area contributed by atoms with Gasteiger partial charge in [-0.3, -0.25) is 19.5 Å². The maximum atomic E-state index is 15.2. The number of halogens is 3. The summed E-state index contributed by atoms with van der Waals surface area (Å²) in [5.74, 6) is -2.21. The number of sulfonamides is 1. The number of aromatic nitrogens is 1. The number of carbonyl (C=O) groups excluding carboxylic acids is 1. The van der Waals surface area contributed by atoms with Gasteiger partial charge in [0.25, 0.3) is 10.0 Å². The van der Waals surface area contributed by atoms with Gasteiger partial charge >= 0.3 is 0 Å². The van der Waals surface area contributed by atoms with Crippen LogP contribution in [-0.2, 0) is 14.8 Å². The van der Waals surface area contributed by atoms with Crippen molar-refractivity contribution in [3.05, 3.63) is 75.6 Å². The SMILES string of the molecule is CN=C(/C=C\C(C)=C(\C)C(C)=O)c1c(F)ccc(NS(=O)(=O)c2cc(Cl)cnc2C)c1F. The third-order valence-electron chi connectivity index (χ3n) is 4.74. The second-order valence-corrected chi connectivity index (χ2v) is 9.02. The molecular formula is C22H22ClF2N3O3S. The standard InChI is InChI=1S/C22H22ClF2N3O3S/c1-12(13(2)15(4)29)6-8-18(26-5)21-17(24)7-9-19(22(21)25)28-32(30,31)20-10-16(23)11-27-14(20)3/h6-11,28H,1-5H3/b8-6-,13-12-,26-18?. The van der Waals surface area contributed by atoms with Crippen LogP contribution >= 0.6 is 11.6 Å². The number of Topliss-reactive ketones (excluding diaryl/α,β-unsaturated/α-hetero) is 1. The minimum Gasteiger partial charge on any atom is -0.295 e. The van der Waals surface area contributed by atoms with Crippen LogP contribution in [0, 0.1) is 18.6 Å². The van der Waals surface area contributed by atoms with Gasteiger partial charge in [0.1, 0.15) is 10.7 Å². The van der Waals surface area contributed by atoms with E-state index in [0.29, 0.717) is 11.1 Å². The summed E-state index contributed by atoms with van der Waals surface area (Å²) in [6, 6.07) is 3.09. The van der Waals surface area contributed by atoms with E-state index in [1.165, 1.54) is 45.3 Å². The highest BCUT2D eigenvalue weighted by atomic mass is 35.5. The Labute approximate surface area is 190 Å². The van der Waals surface area contributed by atoms with Crippen molar-refractivity contribution in [2.45, 2.75) is 32.6 Å². The second kappa shape index (κ2) is 10.1. The number of allylic oxidation sites excluding steroid dienone is 4. The molecule has 0 aliphatic rings. The summed E-state index contributed by atoms with van der Waals surface area (Å²) in [5, 5.41) is 0.0889. The molecule has 0 spiro atoms. The van der Waals surface area contributed by atoms with Crippen LogP contribution in [0.2, 0.25) is 5.02 Å². The Morgan fingerprint density at radius 3 is 2.44 bits per heavy atom. The van der Waals surface area contributed by atoms with Crippen molar-refractivity contribution in [3.63, 3.8) is 0 Å². The molecule has 0 saturated carbocycles. The van der Waals surface area contributed by atoms with Crippen LogP contribution in [0.25, 0.3) is 0 Å². The number of carbonyl (C=O) groups is 1. The van der Waals surface area contributed by atoms with Gasteiger partial charge in [0.2, 0.25) is 0 Å². The van der Waals surface area contributed by atoms with E-state index in [-0.39, 0.29) is 27.1 Å². The number of benzene rings is 1. The summed E-state index contributed by atoms with van der Waals surface area (Å²) in [5.41, 5.74) is 0.189. The first-order chi connectivity index (χ1) is 14.9. The highest BCUT2D eigenvalue weighted by Crippen LogP contribution is 2.27. The van der Waals surface area contributed by atoms with E-state index in [4.69, 9.17) is 11.6 Å². The van der Waals surface area contributed by atoms with E-state index < -0.39 is 32.9 Å². The Morgan fingerprint density at radius 1 is 1.19 bits per heavy atom. The Hall–Kier alpha value is -2.91. The van der Waals surface area contributed by atoms with Crippen LogP contribution in [0.4, 0.5) is 14.5 Å². The van der Waals surface area contributed by atoms with Crippen LogP contribution in [0.15, 0.2) is 57.6 Å². The zero-order valence-electron chi connectivity index (χ0n) is 18.1. The fraction of sp³-hybridized carbons (Fsp3) is 0.227. The molecule has 6 nitrogen and oxygen atoms in total. The number of rotatable bonds is 7. The highest BCUT2D eigenvalue weighted by molar-refractivity contribution is 7.92. The minimum absolute atomic E-state index is 0.0719. The molecule has 0 saturated heterocycles. The number of ketones is 1. The third kappa shape index (κ3) is 5.66. The summed E-state index contributed by atoms with van der Waals surface area (Å²) in [4.78, 5) is 19.1. The highest BCUT2D eigenvalue weighted by Gasteiger charge is 2.23. The van der Waals surface area contributed by atoms with Crippen molar-refractivity contribution in [1.29, 1.82) is 0 Å². The molecule has 1 aromatic heterocycles. The molecule has 0 radical (unpaired) electrons. The molecule has 1 aromatic carbocycles. The fourth-order valence-corrected chi connectivity index (χ4v) is 4.21. The van der Waals surface area contributed by atoms with E-state index in [2.05, 4.69) is 14.7 Å². The molecule has 0 aliphatic heterocycles. The van der Waals surface area contributed by atoms with E-state index in [1.54, 1.807) is 13.8 Å². The molecule has 32 heavy (non-hydrogen) atoms. The molecule has 10 heteroatoms. The van der Waals surface area contributed by atoms with Crippen molar-refractivity contribution >= 4 is 38.8 Å². The number of hydrogen-bond donors (Lipinski definition) is 1. The van der Waals surface area contributed by atoms with Crippen LogP contribution in [0.3, 0.4) is 0 Å². The summed E-state index contributed by atoms with van der Waals surface area (Å²) in [7, 11) is -2.92. The lowest BCUT2D eigenvalue weighted by atomic mass is 10.0. The molecular weight excluding hydrogens is 460 g/mol. The quantitative estimate of drug-likeness (QED) is 0.341. The van der Waals surface area contributed by atoms with Gasteiger partial charge in [0.05, 0.1) is 27.7 Å². The lowest BCUT2D eigenvalue weighted by Gasteiger charge is -2.13. The number of pyridine rings is 1. The first-order valence-electron chi connectivity index (χ1n) is 9.35. The van der Waals surface area contributed by atoms with Crippen molar-refractivity contribution in [3.8, 4) is 0 Å². The van der Waals surface area contributed by atoms with Crippen LogP contribution in [0.5, 0.6) is 0 Å². The van der Waals surface area contributed by atoms with E-state index in [9.17, 15) is 17.6 Å². The van der Waals surface area contributed by atoms with E-state index in [0.717, 1.165) is 12.1 Å². The summed E-state index contributed by atoms with van der Waals surface area (Å²) in [6.07, 6.45) is 4.15. The van der Waals surface area contributed by atoms with E-state index in [1.807, 2.05) is 0 Å². The minimum atomic E-state index is -4.26. The van der Waals surface area contributed by atoms with Crippen molar-refractivity contribution in [2.24, 2.45) is 4.99 Å². The summed E-state index contributed by atoms with van der Waals surface area (Å²) in [6.45, 7) is 6.18. The monoisotopic (exact) mass is 481 g/mol. The number of aliphatic imine (C=N–C) groups is 1. The zero-order valence-corrected chi connectivity index (χ0v) is 19.7. The number of anilines is 1. The van der Waals surface area contributed by atoms with Crippen LogP contribution in [0.1, 0.15) is 32.0 Å². The fourth-order valence-electron chi connectivity index (χ4n) is 2.70. The van der Waals surface area contributed by atoms with Gasteiger partial charge in [0.15, 0.2) is 11.6 Å². The van der Waals surface area contributed by atoms with Gasteiger partial charge in [-0.05, 0) is 63.1 Å². The van der Waals surface area contributed by atoms with Crippen LogP contribution < -0.4 is 4.72 Å². The van der Waals surface area contributed by atoms with Crippen molar-refractivity contribution < 1.29 is 22.0 Å². The molecule has 1 heterocycles. The predicted molar refractivity (Wildman–Crippen MR) is 122 cm³/mol. The number of hydrogen-bond acceptors (Lipinski definition) is 5. The first-order valence-corrected chi connectivity index (χ1v) is 11.2. The van der Waals surface area contributed by atoms with Gasteiger partial charge in [-0.2, -0.15) is 0 Å². The molecule has 0 bridgehead atoms. The average molecular weight is 482 g/mol. The zero-order chi connectivity index (χ0) is 24.2. The Kier molecular flexibility index (Phi) is 8.03. The lowest BCUT2D eigenvalue weighted by Crippen LogP contribution is -2.17. The largest absolute Gasteiger partial charge is 0.295 e. The topological polar surface area (TPSA) is 88.5 Å². The molecule has 0 atom stereocenters. The van der Waals surface area contributed by atoms with E-state index >= 15 is 4.39 Å². The Balaban J connectivity index is 2.52. The Morgan fingerprint density at radius 2 is 1.84 bits per heavy atom.